The van der Waals surface area contributed by atoms with E-state index in [0.717, 1.165) is 15.8 Å². The monoisotopic (exact) mass is 387 g/mol. The maximum absolute atomic E-state index is 12.6. The Labute approximate surface area is 143 Å². The van der Waals surface area contributed by atoms with Gasteiger partial charge in [0.25, 0.3) is 5.56 Å². The molecule has 1 aromatic carbocycles. The molecule has 0 atom stereocenters. The van der Waals surface area contributed by atoms with Gasteiger partial charge in [-0.1, -0.05) is 23.5 Å². The summed E-state index contributed by atoms with van der Waals surface area (Å²) in [5.41, 5.74) is 2.13. The van der Waals surface area contributed by atoms with E-state index in [2.05, 4.69) is 25.9 Å². The van der Waals surface area contributed by atoms with Crippen molar-refractivity contribution in [3.8, 4) is 5.75 Å². The molecule has 0 unspecified atom stereocenters. The fourth-order valence-corrected chi connectivity index (χ4v) is 3.66. The van der Waals surface area contributed by atoms with Gasteiger partial charge in [-0.25, -0.2) is 14.4 Å². The maximum Gasteiger partial charge on any atom is 0.276 e. The molecular weight excluding hydrogens is 378 g/mol. The molecule has 0 aliphatic carbocycles. The normalized spacial score (nSPS) is 12.3. The lowest BCUT2D eigenvalue weighted by atomic mass is 10.2. The molecular formula is C16H10BrN3O2S. The Morgan fingerprint density at radius 2 is 2.09 bits per heavy atom. The number of ether oxygens (including phenoxy) is 1. The number of imidazole rings is 1. The minimum absolute atomic E-state index is 0.0989. The van der Waals surface area contributed by atoms with Gasteiger partial charge < -0.3 is 4.74 Å². The zero-order valence-corrected chi connectivity index (χ0v) is 14.4. The average Bonchev–Trinajstić information content (AvgIpc) is 3.04. The van der Waals surface area contributed by atoms with Crippen molar-refractivity contribution in [3.63, 3.8) is 0 Å². The zero-order valence-electron chi connectivity index (χ0n) is 12.0. The number of fused-ring (bicyclic) bond motifs is 3. The van der Waals surface area contributed by atoms with Crippen molar-refractivity contribution in [1.29, 1.82) is 0 Å². The van der Waals surface area contributed by atoms with E-state index in [1.54, 1.807) is 17.7 Å². The zero-order chi connectivity index (χ0) is 16.0. The van der Waals surface area contributed by atoms with Crippen molar-refractivity contribution in [2.24, 2.45) is 0 Å². The molecule has 4 aromatic rings. The van der Waals surface area contributed by atoms with Gasteiger partial charge in [0.1, 0.15) is 11.3 Å². The van der Waals surface area contributed by atoms with Gasteiger partial charge >= 0.3 is 0 Å². The number of nitrogens with zero attached hydrogens (tertiary/aromatic N) is 3. The fourth-order valence-electron chi connectivity index (χ4n) is 2.37. The molecule has 0 fully saturated rings. The Hall–Kier alpha value is -2.25. The van der Waals surface area contributed by atoms with E-state index in [0.29, 0.717) is 20.7 Å². The first-order valence-electron chi connectivity index (χ1n) is 6.78. The second kappa shape index (κ2) is 5.43. The highest BCUT2D eigenvalue weighted by atomic mass is 79.9. The second-order valence-electron chi connectivity index (χ2n) is 4.92. The number of hydrogen-bond acceptors (Lipinski definition) is 5. The summed E-state index contributed by atoms with van der Waals surface area (Å²) in [5.74, 6) is 0.784. The number of rotatable bonds is 2. The summed E-state index contributed by atoms with van der Waals surface area (Å²) < 4.78 is 8.16. The average molecular weight is 388 g/mol. The number of benzene rings is 1. The van der Waals surface area contributed by atoms with Gasteiger partial charge in [0.05, 0.1) is 11.6 Å². The first-order valence-corrected chi connectivity index (χ1v) is 8.39. The van der Waals surface area contributed by atoms with Crippen LogP contribution in [-0.4, -0.2) is 21.5 Å². The van der Waals surface area contributed by atoms with Gasteiger partial charge in [-0.3, -0.25) is 4.79 Å². The van der Waals surface area contributed by atoms with Crippen LogP contribution in [0, 0.1) is 0 Å². The summed E-state index contributed by atoms with van der Waals surface area (Å²) in [5, 5.41) is 0. The molecule has 0 aliphatic heterocycles. The first kappa shape index (κ1) is 14.3. The first-order chi connectivity index (χ1) is 11.2. The van der Waals surface area contributed by atoms with Gasteiger partial charge in [0.15, 0.2) is 10.6 Å². The SMILES string of the molecule is COc1ccc(/C=c2/sc3nc4cc(Br)cnc4n3c2=O)cc1. The molecule has 0 saturated heterocycles. The maximum atomic E-state index is 12.6. The van der Waals surface area contributed by atoms with Crippen LogP contribution in [0.3, 0.4) is 0 Å². The van der Waals surface area contributed by atoms with E-state index in [-0.39, 0.29) is 5.56 Å². The van der Waals surface area contributed by atoms with Crippen molar-refractivity contribution >= 4 is 49.5 Å². The second-order valence-corrected chi connectivity index (χ2v) is 6.84. The molecule has 0 saturated carbocycles. The number of methoxy groups -OCH3 is 1. The Kier molecular flexibility index (Phi) is 3.39. The number of pyridine rings is 1. The van der Waals surface area contributed by atoms with E-state index in [9.17, 15) is 4.79 Å². The van der Waals surface area contributed by atoms with Crippen LogP contribution < -0.4 is 14.8 Å². The van der Waals surface area contributed by atoms with Crippen LogP contribution in [0.4, 0.5) is 0 Å². The highest BCUT2D eigenvalue weighted by molar-refractivity contribution is 9.10. The van der Waals surface area contributed by atoms with Gasteiger partial charge in [-0.2, -0.15) is 0 Å². The van der Waals surface area contributed by atoms with Gasteiger partial charge in [-0.05, 0) is 45.8 Å². The molecule has 0 N–H and O–H groups in total. The summed E-state index contributed by atoms with van der Waals surface area (Å²) in [6.07, 6.45) is 3.52. The number of hydrogen-bond donors (Lipinski definition) is 0. The van der Waals surface area contributed by atoms with E-state index in [4.69, 9.17) is 4.74 Å². The van der Waals surface area contributed by atoms with Crippen molar-refractivity contribution in [2.45, 2.75) is 0 Å². The smallest absolute Gasteiger partial charge is 0.276 e. The highest BCUT2D eigenvalue weighted by Crippen LogP contribution is 2.18. The Morgan fingerprint density at radius 1 is 1.30 bits per heavy atom. The fraction of sp³-hybridized carbons (Fsp3) is 0.0625. The molecule has 0 spiro atoms. The van der Waals surface area contributed by atoms with Crippen LogP contribution in [0.15, 0.2) is 45.8 Å². The number of thiazole rings is 1. The summed E-state index contributed by atoms with van der Waals surface area (Å²) in [4.78, 5) is 22.1. The molecule has 3 aromatic heterocycles. The summed E-state index contributed by atoms with van der Waals surface area (Å²) in [7, 11) is 1.62. The van der Waals surface area contributed by atoms with E-state index < -0.39 is 0 Å². The Balaban J connectivity index is 1.92. The van der Waals surface area contributed by atoms with Crippen LogP contribution in [0.25, 0.3) is 22.2 Å². The van der Waals surface area contributed by atoms with Crippen LogP contribution in [0.1, 0.15) is 5.56 Å². The summed E-state index contributed by atoms with van der Waals surface area (Å²) in [6.45, 7) is 0. The lowest BCUT2D eigenvalue weighted by Gasteiger charge is -1.98. The summed E-state index contributed by atoms with van der Waals surface area (Å²) in [6, 6.07) is 9.41. The largest absolute Gasteiger partial charge is 0.497 e. The Morgan fingerprint density at radius 3 is 2.83 bits per heavy atom. The predicted molar refractivity (Wildman–Crippen MR) is 94.1 cm³/mol. The van der Waals surface area contributed by atoms with Gasteiger partial charge in [-0.15, -0.1) is 0 Å². The quantitative estimate of drug-likeness (QED) is 0.530. The molecule has 0 radical (unpaired) electrons. The summed E-state index contributed by atoms with van der Waals surface area (Å²) >= 11 is 4.72. The van der Waals surface area contributed by atoms with Crippen LogP contribution in [0.5, 0.6) is 5.75 Å². The van der Waals surface area contributed by atoms with Crippen LogP contribution in [-0.2, 0) is 0 Å². The standard InChI is InChI=1S/C16H10BrN3O2S/c1-22-11-4-2-9(3-5-11)6-13-15(21)20-14-12(19-16(20)23-13)7-10(17)8-18-14/h2-8H,1H3/b13-6+. The van der Waals surface area contributed by atoms with Crippen molar-refractivity contribution in [1.82, 2.24) is 14.4 Å². The van der Waals surface area contributed by atoms with E-state index >= 15 is 0 Å². The van der Waals surface area contributed by atoms with Gasteiger partial charge in [0, 0.05) is 10.7 Å². The van der Waals surface area contributed by atoms with Crippen molar-refractivity contribution in [2.75, 3.05) is 7.11 Å². The number of aromatic nitrogens is 3. The van der Waals surface area contributed by atoms with Crippen molar-refractivity contribution < 1.29 is 4.74 Å². The molecule has 4 rings (SSSR count). The lowest BCUT2D eigenvalue weighted by Crippen LogP contribution is -2.22. The van der Waals surface area contributed by atoms with Crippen LogP contribution in [0.2, 0.25) is 0 Å². The minimum atomic E-state index is -0.0989. The topological polar surface area (TPSA) is 56.5 Å². The minimum Gasteiger partial charge on any atom is -0.497 e. The third-order valence-corrected chi connectivity index (χ3v) is 4.86. The molecule has 3 heterocycles. The third-order valence-electron chi connectivity index (χ3n) is 3.46. The molecule has 0 aliphatic rings. The van der Waals surface area contributed by atoms with E-state index in [1.807, 2.05) is 36.4 Å². The van der Waals surface area contributed by atoms with E-state index in [1.165, 1.54) is 11.3 Å². The van der Waals surface area contributed by atoms with Crippen molar-refractivity contribution in [3.05, 3.63) is 61.5 Å². The molecule has 0 amide bonds. The Bertz CT molecular complexity index is 1130. The molecule has 5 nitrogen and oxygen atoms in total. The van der Waals surface area contributed by atoms with Gasteiger partial charge in [0.2, 0.25) is 0 Å². The molecule has 23 heavy (non-hydrogen) atoms. The third kappa shape index (κ3) is 2.42. The number of halogens is 1. The molecule has 0 bridgehead atoms. The predicted octanol–water partition coefficient (Wildman–Crippen LogP) is 2.62. The van der Waals surface area contributed by atoms with Crippen LogP contribution >= 0.6 is 27.3 Å². The lowest BCUT2D eigenvalue weighted by molar-refractivity contribution is 0.415. The molecule has 114 valence electrons. The highest BCUT2D eigenvalue weighted by Gasteiger charge is 2.12. The molecule has 7 heteroatoms.